The number of amides is 1. The van der Waals surface area contributed by atoms with E-state index in [1.807, 2.05) is 24.3 Å². The molecule has 0 aliphatic carbocycles. The Kier molecular flexibility index (Phi) is 5.57. The van der Waals surface area contributed by atoms with Gasteiger partial charge in [0, 0.05) is 13.0 Å². The molecule has 0 bridgehead atoms. The fourth-order valence-corrected chi connectivity index (χ4v) is 3.27. The first-order chi connectivity index (χ1) is 10.5. The molecule has 0 radical (unpaired) electrons. The number of hydrogen-bond donors (Lipinski definition) is 1. The molecule has 0 saturated carbocycles. The molecule has 1 aliphatic heterocycles. The van der Waals surface area contributed by atoms with Crippen LogP contribution in [0.5, 0.6) is 5.75 Å². The van der Waals surface area contributed by atoms with Gasteiger partial charge >= 0.3 is 5.97 Å². The highest BCUT2D eigenvalue weighted by atomic mass is 32.2. The van der Waals surface area contributed by atoms with Gasteiger partial charge in [0.15, 0.2) is 0 Å². The molecule has 1 fully saturated rings. The van der Waals surface area contributed by atoms with Gasteiger partial charge in [-0.2, -0.15) is 0 Å². The van der Waals surface area contributed by atoms with Crippen molar-refractivity contribution < 1.29 is 19.4 Å². The zero-order chi connectivity index (χ0) is 16.1. The van der Waals surface area contributed by atoms with Crippen molar-refractivity contribution in [1.29, 1.82) is 0 Å². The van der Waals surface area contributed by atoms with Crippen molar-refractivity contribution in [2.75, 3.05) is 13.7 Å². The number of thiocarbonyl (C=S) groups is 1. The van der Waals surface area contributed by atoms with Crippen LogP contribution < -0.4 is 4.74 Å². The molecule has 2 rings (SSSR count). The number of carbonyl (C=O) groups is 2. The summed E-state index contributed by atoms with van der Waals surface area (Å²) in [5, 5.41) is 8.65. The van der Waals surface area contributed by atoms with Gasteiger partial charge in [0.1, 0.15) is 10.1 Å². The molecule has 1 N–H and O–H groups in total. The summed E-state index contributed by atoms with van der Waals surface area (Å²) in [5.41, 5.74) is 0.852. The number of carbonyl (C=O) groups excluding carboxylic acids is 1. The highest BCUT2D eigenvalue weighted by Gasteiger charge is 2.31. The number of hydrogen-bond acceptors (Lipinski definition) is 5. The monoisotopic (exact) mass is 337 g/mol. The van der Waals surface area contributed by atoms with Crippen LogP contribution >= 0.6 is 24.0 Å². The number of benzene rings is 1. The lowest BCUT2D eigenvalue weighted by molar-refractivity contribution is -0.137. The lowest BCUT2D eigenvalue weighted by Crippen LogP contribution is -2.29. The summed E-state index contributed by atoms with van der Waals surface area (Å²) in [6.07, 6.45) is 2.17. The van der Waals surface area contributed by atoms with Crippen molar-refractivity contribution >= 4 is 46.3 Å². The zero-order valence-corrected chi connectivity index (χ0v) is 13.6. The minimum atomic E-state index is -0.877. The van der Waals surface area contributed by atoms with Gasteiger partial charge in [0.2, 0.25) is 0 Å². The molecule has 116 valence electrons. The van der Waals surface area contributed by atoms with E-state index >= 15 is 0 Å². The lowest BCUT2D eigenvalue weighted by Gasteiger charge is -2.13. The average molecular weight is 337 g/mol. The third-order valence-corrected chi connectivity index (χ3v) is 4.42. The van der Waals surface area contributed by atoms with Crippen molar-refractivity contribution in [3.63, 3.8) is 0 Å². The van der Waals surface area contributed by atoms with Crippen molar-refractivity contribution in [1.82, 2.24) is 4.90 Å². The van der Waals surface area contributed by atoms with E-state index in [0.29, 0.717) is 27.9 Å². The summed E-state index contributed by atoms with van der Waals surface area (Å²) in [6, 6.07) is 7.38. The van der Waals surface area contributed by atoms with Crippen LogP contribution in [0.3, 0.4) is 0 Å². The molecule has 0 spiro atoms. The Labute approximate surface area is 137 Å². The fourth-order valence-electron chi connectivity index (χ4n) is 1.96. The third kappa shape index (κ3) is 4.08. The van der Waals surface area contributed by atoms with Crippen LogP contribution in [-0.4, -0.2) is 39.9 Å². The van der Waals surface area contributed by atoms with Crippen LogP contribution in [0.4, 0.5) is 0 Å². The smallest absolute Gasteiger partial charge is 0.303 e. The molecule has 0 unspecified atom stereocenters. The SMILES string of the molecule is COc1cccc(C=C2SC(=S)N(CCCC(=O)O)C2=O)c1. The Morgan fingerprint density at radius 1 is 1.50 bits per heavy atom. The van der Waals surface area contributed by atoms with Crippen LogP contribution in [0.2, 0.25) is 0 Å². The molecule has 1 aliphatic rings. The summed E-state index contributed by atoms with van der Waals surface area (Å²) < 4.78 is 5.61. The van der Waals surface area contributed by atoms with E-state index < -0.39 is 5.97 Å². The molecule has 7 heteroatoms. The maximum Gasteiger partial charge on any atom is 0.303 e. The van der Waals surface area contributed by atoms with Gasteiger partial charge in [-0.1, -0.05) is 36.1 Å². The normalized spacial score (nSPS) is 16.4. The molecule has 1 aromatic rings. The average Bonchev–Trinajstić information content (AvgIpc) is 2.74. The van der Waals surface area contributed by atoms with Crippen molar-refractivity contribution in [2.45, 2.75) is 12.8 Å². The lowest BCUT2D eigenvalue weighted by atomic mass is 10.2. The molecule has 22 heavy (non-hydrogen) atoms. The summed E-state index contributed by atoms with van der Waals surface area (Å²) in [7, 11) is 1.58. The van der Waals surface area contributed by atoms with Gasteiger partial charge in [-0.05, 0) is 30.2 Å². The van der Waals surface area contributed by atoms with Crippen LogP contribution in [0.25, 0.3) is 6.08 Å². The van der Waals surface area contributed by atoms with Crippen molar-refractivity contribution in [2.24, 2.45) is 0 Å². The minimum absolute atomic E-state index is 0.0198. The molecule has 1 heterocycles. The zero-order valence-electron chi connectivity index (χ0n) is 11.9. The molecule has 1 aromatic carbocycles. The van der Waals surface area contributed by atoms with Gasteiger partial charge in [-0.25, -0.2) is 0 Å². The second kappa shape index (κ2) is 7.42. The number of aliphatic carboxylic acids is 1. The van der Waals surface area contributed by atoms with E-state index in [0.717, 1.165) is 5.56 Å². The van der Waals surface area contributed by atoms with E-state index in [1.165, 1.54) is 16.7 Å². The molecule has 1 saturated heterocycles. The Balaban J connectivity index is 2.09. The minimum Gasteiger partial charge on any atom is -0.497 e. The Morgan fingerprint density at radius 3 is 2.95 bits per heavy atom. The molecule has 0 atom stereocenters. The number of ether oxygens (including phenoxy) is 1. The Morgan fingerprint density at radius 2 is 2.27 bits per heavy atom. The topological polar surface area (TPSA) is 66.8 Å². The van der Waals surface area contributed by atoms with E-state index in [1.54, 1.807) is 13.2 Å². The standard InChI is InChI=1S/C15H15NO4S2/c1-20-11-5-2-4-10(8-11)9-12-14(19)16(15(21)22-12)7-3-6-13(17)18/h2,4-5,8-9H,3,6-7H2,1H3,(H,17,18). The molecule has 0 aromatic heterocycles. The van der Waals surface area contributed by atoms with Gasteiger partial charge < -0.3 is 9.84 Å². The second-order valence-electron chi connectivity index (χ2n) is 4.61. The first-order valence-electron chi connectivity index (χ1n) is 6.62. The Bertz CT molecular complexity index is 642. The van der Waals surface area contributed by atoms with E-state index in [9.17, 15) is 9.59 Å². The number of thioether (sulfide) groups is 1. The number of rotatable bonds is 6. The maximum atomic E-state index is 12.3. The van der Waals surface area contributed by atoms with Crippen LogP contribution in [0, 0.1) is 0 Å². The first-order valence-corrected chi connectivity index (χ1v) is 7.85. The fraction of sp³-hybridized carbons (Fsp3) is 0.267. The van der Waals surface area contributed by atoms with Crippen LogP contribution in [-0.2, 0) is 9.59 Å². The third-order valence-electron chi connectivity index (χ3n) is 3.04. The van der Waals surface area contributed by atoms with Crippen molar-refractivity contribution in [3.8, 4) is 5.75 Å². The highest BCUT2D eigenvalue weighted by Crippen LogP contribution is 2.33. The van der Waals surface area contributed by atoms with Crippen molar-refractivity contribution in [3.05, 3.63) is 34.7 Å². The van der Waals surface area contributed by atoms with Gasteiger partial charge in [0.25, 0.3) is 5.91 Å². The highest BCUT2D eigenvalue weighted by molar-refractivity contribution is 8.26. The second-order valence-corrected chi connectivity index (χ2v) is 6.28. The van der Waals surface area contributed by atoms with E-state index in [-0.39, 0.29) is 12.3 Å². The first kappa shape index (κ1) is 16.5. The maximum absolute atomic E-state index is 12.3. The number of nitrogens with zero attached hydrogens (tertiary/aromatic N) is 1. The predicted octanol–water partition coefficient (Wildman–Crippen LogP) is 2.76. The Hall–Kier alpha value is -1.86. The quantitative estimate of drug-likeness (QED) is 0.636. The molecular formula is C15H15NO4S2. The number of methoxy groups -OCH3 is 1. The largest absolute Gasteiger partial charge is 0.497 e. The molecule has 5 nitrogen and oxygen atoms in total. The summed E-state index contributed by atoms with van der Waals surface area (Å²) >= 11 is 6.42. The summed E-state index contributed by atoms with van der Waals surface area (Å²) in [4.78, 5) is 24.8. The predicted molar refractivity (Wildman–Crippen MR) is 89.7 cm³/mol. The van der Waals surface area contributed by atoms with Gasteiger partial charge in [-0.3, -0.25) is 14.5 Å². The summed E-state index contributed by atoms with van der Waals surface area (Å²) in [6.45, 7) is 0.326. The van der Waals surface area contributed by atoms with Gasteiger partial charge in [-0.15, -0.1) is 0 Å². The summed E-state index contributed by atoms with van der Waals surface area (Å²) in [5.74, 6) is -0.341. The number of carboxylic acid groups (broad SMARTS) is 1. The molecular weight excluding hydrogens is 322 g/mol. The van der Waals surface area contributed by atoms with Crippen LogP contribution in [0.1, 0.15) is 18.4 Å². The van der Waals surface area contributed by atoms with E-state index in [4.69, 9.17) is 22.1 Å². The van der Waals surface area contributed by atoms with Gasteiger partial charge in [0.05, 0.1) is 12.0 Å². The van der Waals surface area contributed by atoms with E-state index in [2.05, 4.69) is 0 Å². The molecule has 1 amide bonds. The number of carboxylic acids is 1. The van der Waals surface area contributed by atoms with Crippen LogP contribution in [0.15, 0.2) is 29.2 Å².